The van der Waals surface area contributed by atoms with Crippen LogP contribution in [0.1, 0.15) is 13.8 Å². The van der Waals surface area contributed by atoms with Gasteiger partial charge in [-0.3, -0.25) is 0 Å². The predicted molar refractivity (Wildman–Crippen MR) is 69.4 cm³/mol. The zero-order valence-electron chi connectivity index (χ0n) is 10.4. The number of benzene rings is 1. The van der Waals surface area contributed by atoms with Crippen molar-refractivity contribution in [2.45, 2.75) is 13.8 Å². The lowest BCUT2D eigenvalue weighted by molar-refractivity contribution is 0.423. The van der Waals surface area contributed by atoms with Crippen LogP contribution in [0.5, 0.6) is 5.75 Å². The second-order valence-electron chi connectivity index (χ2n) is 3.85. The van der Waals surface area contributed by atoms with E-state index in [4.69, 9.17) is 10.3 Å². The molecule has 0 bridgehead atoms. The molecule has 6 nitrogen and oxygen atoms in total. The summed E-state index contributed by atoms with van der Waals surface area (Å²) >= 11 is 0. The van der Waals surface area contributed by atoms with E-state index in [-0.39, 0.29) is 11.6 Å². The van der Waals surface area contributed by atoms with Gasteiger partial charge in [0.05, 0.1) is 5.56 Å². The lowest BCUT2D eigenvalue weighted by atomic mass is 10.2. The fourth-order valence-corrected chi connectivity index (χ4v) is 1.69. The highest BCUT2D eigenvalue weighted by molar-refractivity contribution is 5.66. The van der Waals surface area contributed by atoms with E-state index in [1.54, 1.807) is 12.1 Å². The van der Waals surface area contributed by atoms with Gasteiger partial charge in [-0.25, -0.2) is 0 Å². The van der Waals surface area contributed by atoms with Gasteiger partial charge in [-0.1, -0.05) is 0 Å². The quantitative estimate of drug-likeness (QED) is 0.803. The summed E-state index contributed by atoms with van der Waals surface area (Å²) in [4.78, 5) is 6.22. The van der Waals surface area contributed by atoms with E-state index in [0.717, 1.165) is 13.1 Å². The number of nitrogens with zero attached hydrogens (tertiary/aromatic N) is 3. The van der Waals surface area contributed by atoms with Crippen molar-refractivity contribution in [1.29, 1.82) is 0 Å². The molecule has 0 radical (unpaired) electrons. The van der Waals surface area contributed by atoms with Gasteiger partial charge in [-0.2, -0.15) is 4.98 Å². The second-order valence-corrected chi connectivity index (χ2v) is 3.85. The molecule has 0 saturated carbocycles. The molecule has 0 spiro atoms. The third kappa shape index (κ3) is 2.22. The molecule has 0 amide bonds. The molecule has 3 N–H and O–H groups in total. The number of hydrogen-bond donors (Lipinski definition) is 2. The Bertz CT molecular complexity index is 535. The lowest BCUT2D eigenvalue weighted by Crippen LogP contribution is -2.22. The van der Waals surface area contributed by atoms with Gasteiger partial charge in [-0.15, -0.1) is 0 Å². The summed E-state index contributed by atoms with van der Waals surface area (Å²) in [7, 11) is 0. The van der Waals surface area contributed by atoms with Gasteiger partial charge in [-0.05, 0) is 31.1 Å². The normalized spacial score (nSPS) is 10.6. The first kappa shape index (κ1) is 12.2. The number of phenolic OH excluding ortho intramolecular Hbond substituents is 1. The lowest BCUT2D eigenvalue weighted by Gasteiger charge is -2.14. The van der Waals surface area contributed by atoms with Crippen molar-refractivity contribution < 1.29 is 9.63 Å². The van der Waals surface area contributed by atoms with Crippen molar-refractivity contribution in [2.75, 3.05) is 23.7 Å². The molecular weight excluding hydrogens is 232 g/mol. The SMILES string of the molecule is CCN(CC)c1noc(-c2ccc(N)cc2O)n1. The first-order valence-electron chi connectivity index (χ1n) is 5.83. The van der Waals surface area contributed by atoms with Crippen LogP contribution in [-0.4, -0.2) is 28.3 Å². The molecule has 0 fully saturated rings. The number of nitrogen functional groups attached to an aromatic ring is 1. The molecule has 1 heterocycles. The van der Waals surface area contributed by atoms with Gasteiger partial charge in [0, 0.05) is 24.8 Å². The van der Waals surface area contributed by atoms with Crippen LogP contribution in [0.15, 0.2) is 22.7 Å². The number of anilines is 2. The Morgan fingerprint density at radius 1 is 1.33 bits per heavy atom. The maximum absolute atomic E-state index is 9.79. The van der Waals surface area contributed by atoms with Crippen LogP contribution in [0.25, 0.3) is 11.5 Å². The standard InChI is InChI=1S/C12H16N4O2/c1-3-16(4-2)12-14-11(18-15-12)9-6-5-8(13)7-10(9)17/h5-7,17H,3-4,13H2,1-2H3. The monoisotopic (exact) mass is 248 g/mol. The third-order valence-electron chi connectivity index (χ3n) is 2.71. The summed E-state index contributed by atoms with van der Waals surface area (Å²) in [5.74, 6) is 0.838. The molecule has 1 aromatic heterocycles. The molecule has 0 aliphatic carbocycles. The van der Waals surface area contributed by atoms with E-state index in [1.807, 2.05) is 18.7 Å². The van der Waals surface area contributed by atoms with Crippen molar-refractivity contribution in [2.24, 2.45) is 0 Å². The molecule has 0 saturated heterocycles. The van der Waals surface area contributed by atoms with Gasteiger partial charge < -0.3 is 20.3 Å². The van der Waals surface area contributed by atoms with E-state index >= 15 is 0 Å². The molecule has 0 aliphatic heterocycles. The Morgan fingerprint density at radius 2 is 2.06 bits per heavy atom. The topological polar surface area (TPSA) is 88.4 Å². The van der Waals surface area contributed by atoms with Crippen LogP contribution < -0.4 is 10.6 Å². The Balaban J connectivity index is 2.34. The Kier molecular flexibility index (Phi) is 3.36. The second kappa shape index (κ2) is 4.95. The molecule has 2 aromatic rings. The number of nitrogens with two attached hydrogens (primary N) is 1. The molecule has 0 atom stereocenters. The van der Waals surface area contributed by atoms with Crippen LogP contribution in [0.3, 0.4) is 0 Å². The third-order valence-corrected chi connectivity index (χ3v) is 2.71. The van der Waals surface area contributed by atoms with Gasteiger partial charge in [0.25, 0.3) is 11.8 Å². The average Bonchev–Trinajstić information content (AvgIpc) is 2.80. The maximum atomic E-state index is 9.79. The van der Waals surface area contributed by atoms with Crippen LogP contribution >= 0.6 is 0 Å². The van der Waals surface area contributed by atoms with Crippen LogP contribution in [0.4, 0.5) is 11.6 Å². The smallest absolute Gasteiger partial charge is 0.266 e. The van der Waals surface area contributed by atoms with Crippen molar-refractivity contribution >= 4 is 11.6 Å². The largest absolute Gasteiger partial charge is 0.507 e. The first-order valence-corrected chi connectivity index (χ1v) is 5.83. The summed E-state index contributed by atoms with van der Waals surface area (Å²) < 4.78 is 5.15. The highest BCUT2D eigenvalue weighted by atomic mass is 16.5. The molecule has 18 heavy (non-hydrogen) atoms. The summed E-state index contributed by atoms with van der Waals surface area (Å²) in [6.45, 7) is 5.62. The highest BCUT2D eigenvalue weighted by Crippen LogP contribution is 2.30. The van der Waals surface area contributed by atoms with Crippen molar-refractivity contribution in [3.05, 3.63) is 18.2 Å². The summed E-state index contributed by atoms with van der Waals surface area (Å²) in [6, 6.07) is 4.79. The van der Waals surface area contributed by atoms with Crippen molar-refractivity contribution in [1.82, 2.24) is 10.1 Å². The Labute approximate surface area is 105 Å². The minimum atomic E-state index is 0.0322. The minimum absolute atomic E-state index is 0.0322. The predicted octanol–water partition coefficient (Wildman–Crippen LogP) is 1.87. The Morgan fingerprint density at radius 3 is 2.67 bits per heavy atom. The summed E-state index contributed by atoms with van der Waals surface area (Å²) in [5, 5.41) is 13.7. The zero-order valence-corrected chi connectivity index (χ0v) is 10.4. The van der Waals surface area contributed by atoms with Crippen molar-refractivity contribution in [3.63, 3.8) is 0 Å². The number of phenols is 1. The van der Waals surface area contributed by atoms with Crippen LogP contribution in [0.2, 0.25) is 0 Å². The van der Waals surface area contributed by atoms with E-state index in [9.17, 15) is 5.11 Å². The van der Waals surface area contributed by atoms with E-state index in [0.29, 0.717) is 17.2 Å². The maximum Gasteiger partial charge on any atom is 0.266 e. The molecule has 1 aromatic carbocycles. The Hall–Kier alpha value is -2.24. The highest BCUT2D eigenvalue weighted by Gasteiger charge is 2.15. The number of aromatic hydroxyl groups is 1. The summed E-state index contributed by atoms with van der Waals surface area (Å²) in [5.41, 5.74) is 6.53. The van der Waals surface area contributed by atoms with Gasteiger partial charge >= 0.3 is 0 Å². The van der Waals surface area contributed by atoms with E-state index in [1.165, 1.54) is 6.07 Å². The average molecular weight is 248 g/mol. The molecule has 2 rings (SSSR count). The zero-order chi connectivity index (χ0) is 13.1. The van der Waals surface area contributed by atoms with Gasteiger partial charge in [0.2, 0.25) is 0 Å². The molecule has 0 unspecified atom stereocenters. The van der Waals surface area contributed by atoms with Crippen molar-refractivity contribution in [3.8, 4) is 17.2 Å². The number of aromatic nitrogens is 2. The molecular formula is C12H16N4O2. The van der Waals surface area contributed by atoms with Gasteiger partial charge in [0.15, 0.2) is 0 Å². The molecule has 6 heteroatoms. The fraction of sp³-hybridized carbons (Fsp3) is 0.333. The number of hydrogen-bond acceptors (Lipinski definition) is 6. The molecule has 0 aliphatic rings. The first-order chi connectivity index (χ1) is 8.65. The van der Waals surface area contributed by atoms with Crippen LogP contribution in [-0.2, 0) is 0 Å². The fourth-order valence-electron chi connectivity index (χ4n) is 1.69. The number of rotatable bonds is 4. The summed E-state index contributed by atoms with van der Waals surface area (Å²) in [6.07, 6.45) is 0. The molecule has 96 valence electrons. The van der Waals surface area contributed by atoms with E-state index < -0.39 is 0 Å². The van der Waals surface area contributed by atoms with E-state index in [2.05, 4.69) is 10.1 Å². The van der Waals surface area contributed by atoms with Crippen LogP contribution in [0, 0.1) is 0 Å². The minimum Gasteiger partial charge on any atom is -0.507 e. The van der Waals surface area contributed by atoms with Gasteiger partial charge in [0.1, 0.15) is 5.75 Å².